The van der Waals surface area contributed by atoms with Gasteiger partial charge in [0.25, 0.3) is 0 Å². The maximum Gasteiger partial charge on any atom is 0.241 e. The van der Waals surface area contributed by atoms with Crippen molar-refractivity contribution in [2.45, 2.75) is 59.5 Å². The molecule has 3 unspecified atom stereocenters. The number of carbonyl (C=O) groups is 1. The van der Waals surface area contributed by atoms with Gasteiger partial charge in [0.1, 0.15) is 0 Å². The zero-order chi connectivity index (χ0) is 12.3. The van der Waals surface area contributed by atoms with Crippen molar-refractivity contribution in [3.8, 4) is 0 Å². The van der Waals surface area contributed by atoms with Crippen molar-refractivity contribution in [1.29, 1.82) is 0 Å². The lowest BCUT2D eigenvalue weighted by Gasteiger charge is -2.28. The van der Waals surface area contributed by atoms with Crippen molar-refractivity contribution in [2.75, 3.05) is 6.67 Å². The molecule has 0 saturated carbocycles. The fraction of sp³-hybridized carbons (Fsp3) is 0.923. The van der Waals surface area contributed by atoms with Gasteiger partial charge in [-0.2, -0.15) is 0 Å². The number of hydrogen-bond acceptors (Lipinski definition) is 2. The van der Waals surface area contributed by atoms with Gasteiger partial charge >= 0.3 is 0 Å². The highest BCUT2D eigenvalue weighted by Crippen LogP contribution is 2.20. The van der Waals surface area contributed by atoms with Crippen LogP contribution in [0.4, 0.5) is 0 Å². The maximum atomic E-state index is 12.2. The summed E-state index contributed by atoms with van der Waals surface area (Å²) in [6.45, 7) is 11.6. The summed E-state index contributed by atoms with van der Waals surface area (Å²) in [6, 6.07) is 0.397. The third-order valence-corrected chi connectivity index (χ3v) is 3.76. The predicted molar refractivity (Wildman–Crippen MR) is 67.0 cm³/mol. The maximum absolute atomic E-state index is 12.2. The van der Waals surface area contributed by atoms with Crippen LogP contribution < -0.4 is 5.32 Å². The van der Waals surface area contributed by atoms with Gasteiger partial charge in [-0.25, -0.2) is 0 Å². The van der Waals surface area contributed by atoms with E-state index in [1.54, 1.807) is 0 Å². The Morgan fingerprint density at radius 2 is 2.00 bits per heavy atom. The zero-order valence-electron chi connectivity index (χ0n) is 11.3. The van der Waals surface area contributed by atoms with E-state index < -0.39 is 0 Å². The van der Waals surface area contributed by atoms with Crippen molar-refractivity contribution in [3.63, 3.8) is 0 Å². The molecule has 94 valence electrons. The van der Waals surface area contributed by atoms with E-state index in [0.717, 1.165) is 19.5 Å². The largest absolute Gasteiger partial charge is 0.326 e. The number of nitrogens with one attached hydrogen (secondary N) is 1. The first kappa shape index (κ1) is 13.5. The molecule has 0 radical (unpaired) electrons. The van der Waals surface area contributed by atoms with E-state index in [9.17, 15) is 4.79 Å². The molecule has 3 nitrogen and oxygen atoms in total. The molecule has 1 fully saturated rings. The smallest absolute Gasteiger partial charge is 0.241 e. The number of nitrogens with zero attached hydrogens (tertiary/aromatic N) is 1. The third kappa shape index (κ3) is 2.97. The highest BCUT2D eigenvalue weighted by Gasteiger charge is 2.35. The second kappa shape index (κ2) is 5.67. The summed E-state index contributed by atoms with van der Waals surface area (Å²) in [7, 11) is 0. The molecular weight excluding hydrogens is 200 g/mol. The second-order valence-corrected chi connectivity index (χ2v) is 5.48. The molecule has 0 aromatic rings. The Labute approximate surface area is 99.6 Å². The van der Waals surface area contributed by atoms with Crippen LogP contribution in [0.5, 0.6) is 0 Å². The Hall–Kier alpha value is -0.570. The minimum atomic E-state index is 0.0477. The van der Waals surface area contributed by atoms with E-state index in [1.807, 2.05) is 4.90 Å². The topological polar surface area (TPSA) is 32.3 Å². The van der Waals surface area contributed by atoms with Crippen molar-refractivity contribution in [2.24, 2.45) is 11.8 Å². The molecule has 0 aromatic carbocycles. The normalized spacial score (nSPS) is 25.2. The summed E-state index contributed by atoms with van der Waals surface area (Å²) in [5.74, 6) is 1.44. The Bertz CT molecular complexity index is 240. The quantitative estimate of drug-likeness (QED) is 0.779. The van der Waals surface area contributed by atoms with Crippen LogP contribution in [-0.4, -0.2) is 29.6 Å². The van der Waals surface area contributed by atoms with Gasteiger partial charge in [-0.1, -0.05) is 34.1 Å². The van der Waals surface area contributed by atoms with E-state index in [0.29, 0.717) is 23.8 Å². The Balaban J connectivity index is 2.56. The summed E-state index contributed by atoms with van der Waals surface area (Å²) in [6.07, 6.45) is 2.07. The van der Waals surface area contributed by atoms with Gasteiger partial charge < -0.3 is 4.90 Å². The van der Waals surface area contributed by atoms with Gasteiger partial charge in [0, 0.05) is 6.04 Å². The molecule has 3 atom stereocenters. The van der Waals surface area contributed by atoms with Crippen LogP contribution in [0.25, 0.3) is 0 Å². The van der Waals surface area contributed by atoms with Crippen LogP contribution in [-0.2, 0) is 4.79 Å². The molecule has 1 N–H and O–H groups in total. The number of rotatable bonds is 5. The molecule has 1 saturated heterocycles. The third-order valence-electron chi connectivity index (χ3n) is 3.76. The summed E-state index contributed by atoms with van der Waals surface area (Å²) in [5, 5.41) is 3.32. The van der Waals surface area contributed by atoms with Gasteiger partial charge in [0.15, 0.2) is 0 Å². The first-order chi connectivity index (χ1) is 7.47. The molecule has 3 heteroatoms. The molecule has 0 aliphatic carbocycles. The van der Waals surface area contributed by atoms with Crippen molar-refractivity contribution in [1.82, 2.24) is 10.2 Å². The fourth-order valence-electron chi connectivity index (χ4n) is 2.22. The second-order valence-electron chi connectivity index (χ2n) is 5.48. The predicted octanol–water partition coefficient (Wildman–Crippen LogP) is 2.23. The van der Waals surface area contributed by atoms with Crippen molar-refractivity contribution >= 4 is 5.91 Å². The molecule has 16 heavy (non-hydrogen) atoms. The zero-order valence-corrected chi connectivity index (χ0v) is 11.3. The number of carbonyl (C=O) groups excluding carboxylic acids is 1. The molecule has 1 aliphatic rings. The van der Waals surface area contributed by atoms with Crippen molar-refractivity contribution in [3.05, 3.63) is 0 Å². The highest BCUT2D eigenvalue weighted by molar-refractivity contribution is 5.84. The fourth-order valence-corrected chi connectivity index (χ4v) is 2.22. The molecule has 1 aliphatic heterocycles. The van der Waals surface area contributed by atoms with Crippen LogP contribution in [0.3, 0.4) is 0 Å². The van der Waals surface area contributed by atoms with E-state index in [1.165, 1.54) is 0 Å². The van der Waals surface area contributed by atoms with E-state index in [4.69, 9.17) is 0 Å². The van der Waals surface area contributed by atoms with Crippen LogP contribution >= 0.6 is 0 Å². The summed E-state index contributed by atoms with van der Waals surface area (Å²) in [4.78, 5) is 14.2. The van der Waals surface area contributed by atoms with Crippen LogP contribution in [0.2, 0.25) is 0 Å². The van der Waals surface area contributed by atoms with Gasteiger partial charge in [-0.05, 0) is 25.2 Å². The minimum Gasteiger partial charge on any atom is -0.326 e. The van der Waals surface area contributed by atoms with Gasteiger partial charge in [-0.15, -0.1) is 0 Å². The minimum absolute atomic E-state index is 0.0477. The average Bonchev–Trinajstić information content (AvgIpc) is 2.58. The first-order valence-corrected chi connectivity index (χ1v) is 6.51. The molecule has 1 rings (SSSR count). The van der Waals surface area contributed by atoms with Crippen LogP contribution in [0.15, 0.2) is 0 Å². The monoisotopic (exact) mass is 226 g/mol. The Kier molecular flexibility index (Phi) is 4.78. The lowest BCUT2D eigenvalue weighted by molar-refractivity contribution is -0.131. The summed E-state index contributed by atoms with van der Waals surface area (Å²) in [5.41, 5.74) is 0. The van der Waals surface area contributed by atoms with Gasteiger partial charge in [0.2, 0.25) is 5.91 Å². The Morgan fingerprint density at radius 1 is 1.38 bits per heavy atom. The molecule has 0 bridgehead atoms. The van der Waals surface area contributed by atoms with E-state index in [-0.39, 0.29) is 6.04 Å². The molecule has 1 amide bonds. The average molecular weight is 226 g/mol. The molecule has 1 heterocycles. The van der Waals surface area contributed by atoms with Crippen LogP contribution in [0.1, 0.15) is 47.5 Å². The molecule has 0 aromatic heterocycles. The number of hydrogen-bond donors (Lipinski definition) is 1. The summed E-state index contributed by atoms with van der Waals surface area (Å²) < 4.78 is 0. The number of amides is 1. The lowest BCUT2D eigenvalue weighted by Crippen LogP contribution is -2.40. The summed E-state index contributed by atoms with van der Waals surface area (Å²) >= 11 is 0. The van der Waals surface area contributed by atoms with Gasteiger partial charge in [0.05, 0.1) is 12.7 Å². The van der Waals surface area contributed by atoms with E-state index in [2.05, 4.69) is 39.9 Å². The van der Waals surface area contributed by atoms with E-state index >= 15 is 0 Å². The van der Waals surface area contributed by atoms with Crippen molar-refractivity contribution < 1.29 is 4.79 Å². The molecular formula is C13H26N2O. The SMILES string of the molecule is CCC(C)C(C)N1CNC(CC(C)C)C1=O. The Morgan fingerprint density at radius 3 is 2.50 bits per heavy atom. The lowest BCUT2D eigenvalue weighted by atomic mass is 9.98. The standard InChI is InChI=1S/C13H26N2O/c1-6-10(4)11(5)15-8-14-12(13(15)16)7-9(2)3/h9-12,14H,6-8H2,1-5H3. The van der Waals surface area contributed by atoms with Gasteiger partial charge in [-0.3, -0.25) is 10.1 Å². The van der Waals surface area contributed by atoms with Crippen LogP contribution in [0, 0.1) is 11.8 Å². The molecule has 0 spiro atoms. The first-order valence-electron chi connectivity index (χ1n) is 6.51. The highest BCUT2D eigenvalue weighted by atomic mass is 16.2.